The largest absolute Gasteiger partial charge is 0.327 e. The third-order valence-electron chi connectivity index (χ3n) is 4.23. The zero-order valence-electron chi connectivity index (χ0n) is 11.6. The van der Waals surface area contributed by atoms with Crippen LogP contribution in [-0.2, 0) is 6.42 Å². The van der Waals surface area contributed by atoms with Gasteiger partial charge in [0.15, 0.2) is 0 Å². The highest BCUT2D eigenvalue weighted by atomic mass is 14.9. The minimum Gasteiger partial charge on any atom is -0.327 e. The highest BCUT2D eigenvalue weighted by Gasteiger charge is 2.26. The molecule has 0 radical (unpaired) electrons. The first-order valence-electron chi connectivity index (χ1n) is 7.29. The van der Waals surface area contributed by atoms with Crippen molar-refractivity contribution in [3.8, 4) is 0 Å². The van der Waals surface area contributed by atoms with Crippen LogP contribution >= 0.6 is 0 Å². The Bertz CT molecular complexity index is 361. The van der Waals surface area contributed by atoms with Gasteiger partial charge in [-0.15, -0.1) is 0 Å². The van der Waals surface area contributed by atoms with Gasteiger partial charge in [0.2, 0.25) is 0 Å². The highest BCUT2D eigenvalue weighted by molar-refractivity contribution is 5.10. The smallest absolute Gasteiger partial charge is 0.131 e. The molecule has 3 heteroatoms. The molecule has 1 saturated carbocycles. The van der Waals surface area contributed by atoms with E-state index >= 15 is 0 Å². The molecule has 1 aromatic heterocycles. The van der Waals surface area contributed by atoms with Gasteiger partial charge in [-0.25, -0.2) is 9.97 Å². The van der Waals surface area contributed by atoms with Crippen molar-refractivity contribution < 1.29 is 0 Å². The molecule has 0 saturated heterocycles. The van der Waals surface area contributed by atoms with Gasteiger partial charge in [-0.1, -0.05) is 20.3 Å². The number of nitrogens with two attached hydrogens (primary N) is 1. The molecule has 0 bridgehead atoms. The normalized spacial score (nSPS) is 25.3. The van der Waals surface area contributed by atoms with Crippen LogP contribution in [0.4, 0.5) is 0 Å². The lowest BCUT2D eigenvalue weighted by Gasteiger charge is -2.11. The van der Waals surface area contributed by atoms with Crippen molar-refractivity contribution in [3.05, 3.63) is 23.8 Å². The fourth-order valence-corrected chi connectivity index (χ4v) is 2.81. The Morgan fingerprint density at radius 3 is 2.56 bits per heavy atom. The Morgan fingerprint density at radius 2 is 2.00 bits per heavy atom. The van der Waals surface area contributed by atoms with Crippen LogP contribution in [0.5, 0.6) is 0 Å². The summed E-state index contributed by atoms with van der Waals surface area (Å²) < 4.78 is 0. The van der Waals surface area contributed by atoms with E-state index in [1.807, 2.05) is 12.4 Å². The first-order valence-corrected chi connectivity index (χ1v) is 7.29. The molecule has 0 aliphatic heterocycles. The fraction of sp³-hybridized carbons (Fsp3) is 0.733. The molecule has 1 heterocycles. The fourth-order valence-electron chi connectivity index (χ4n) is 2.81. The molecule has 0 aromatic carbocycles. The summed E-state index contributed by atoms with van der Waals surface area (Å²) in [4.78, 5) is 9.10. The van der Waals surface area contributed by atoms with Crippen LogP contribution < -0.4 is 5.73 Å². The average Bonchev–Trinajstić information content (AvgIpc) is 2.88. The van der Waals surface area contributed by atoms with E-state index in [1.165, 1.54) is 25.7 Å². The van der Waals surface area contributed by atoms with Crippen molar-refractivity contribution in [1.82, 2.24) is 9.97 Å². The van der Waals surface area contributed by atoms with E-state index in [1.54, 1.807) is 0 Å². The highest BCUT2D eigenvalue weighted by Crippen LogP contribution is 2.37. The SMILES string of the molecule is CCC(N)Cc1cnc(C2CCC(CC)C2)nc1. The quantitative estimate of drug-likeness (QED) is 0.870. The molecule has 1 aliphatic carbocycles. The van der Waals surface area contributed by atoms with Crippen molar-refractivity contribution in [1.29, 1.82) is 0 Å². The molecule has 0 spiro atoms. The lowest BCUT2D eigenvalue weighted by atomic mass is 10.0. The van der Waals surface area contributed by atoms with Crippen molar-refractivity contribution in [3.63, 3.8) is 0 Å². The number of rotatable bonds is 5. The van der Waals surface area contributed by atoms with Crippen LogP contribution in [0.2, 0.25) is 0 Å². The predicted molar refractivity (Wildman–Crippen MR) is 74.4 cm³/mol. The first kappa shape index (κ1) is 13.5. The summed E-state index contributed by atoms with van der Waals surface area (Å²) in [6.07, 6.45) is 11.0. The van der Waals surface area contributed by atoms with E-state index < -0.39 is 0 Å². The minimum absolute atomic E-state index is 0.232. The van der Waals surface area contributed by atoms with Crippen LogP contribution in [0.1, 0.15) is 63.3 Å². The van der Waals surface area contributed by atoms with Gasteiger partial charge in [-0.05, 0) is 43.6 Å². The van der Waals surface area contributed by atoms with Gasteiger partial charge in [0.05, 0.1) is 0 Å². The van der Waals surface area contributed by atoms with Crippen LogP contribution in [0.3, 0.4) is 0 Å². The summed E-state index contributed by atoms with van der Waals surface area (Å²) in [5, 5.41) is 0. The average molecular weight is 247 g/mol. The van der Waals surface area contributed by atoms with E-state index in [-0.39, 0.29) is 6.04 Å². The molecule has 0 amide bonds. The maximum absolute atomic E-state index is 5.95. The lowest BCUT2D eigenvalue weighted by molar-refractivity contribution is 0.516. The monoisotopic (exact) mass is 247 g/mol. The minimum atomic E-state index is 0.232. The zero-order chi connectivity index (χ0) is 13.0. The number of hydrogen-bond acceptors (Lipinski definition) is 3. The van der Waals surface area contributed by atoms with E-state index in [9.17, 15) is 0 Å². The summed E-state index contributed by atoms with van der Waals surface area (Å²) in [6.45, 7) is 4.40. The summed E-state index contributed by atoms with van der Waals surface area (Å²) in [5.74, 6) is 2.51. The second-order valence-corrected chi connectivity index (χ2v) is 5.61. The van der Waals surface area contributed by atoms with Gasteiger partial charge in [-0.2, -0.15) is 0 Å². The standard InChI is InChI=1S/C15H25N3/c1-3-11-5-6-13(7-11)15-17-9-12(10-18-15)8-14(16)4-2/h9-11,13-14H,3-8,16H2,1-2H3. The molecule has 100 valence electrons. The summed E-state index contributed by atoms with van der Waals surface area (Å²) in [5.41, 5.74) is 7.11. The third kappa shape index (κ3) is 3.29. The summed E-state index contributed by atoms with van der Waals surface area (Å²) >= 11 is 0. The van der Waals surface area contributed by atoms with Crippen molar-refractivity contribution in [2.24, 2.45) is 11.7 Å². The maximum atomic E-state index is 5.95. The van der Waals surface area contributed by atoms with E-state index in [4.69, 9.17) is 5.73 Å². The Labute approximate surface area is 110 Å². The molecular formula is C15H25N3. The third-order valence-corrected chi connectivity index (χ3v) is 4.23. The molecule has 3 nitrogen and oxygen atoms in total. The Hall–Kier alpha value is -0.960. The molecule has 18 heavy (non-hydrogen) atoms. The predicted octanol–water partition coefficient (Wildman–Crippen LogP) is 3.05. The van der Waals surface area contributed by atoms with Gasteiger partial charge in [0.25, 0.3) is 0 Å². The Balaban J connectivity index is 1.95. The molecule has 2 rings (SSSR count). The topological polar surface area (TPSA) is 51.8 Å². The van der Waals surface area contributed by atoms with E-state index in [0.717, 1.165) is 30.1 Å². The number of aromatic nitrogens is 2. The molecular weight excluding hydrogens is 222 g/mol. The lowest BCUT2D eigenvalue weighted by Crippen LogP contribution is -2.21. The van der Waals surface area contributed by atoms with Gasteiger partial charge < -0.3 is 5.73 Å². The van der Waals surface area contributed by atoms with Crippen LogP contribution in [0.25, 0.3) is 0 Å². The van der Waals surface area contributed by atoms with E-state index in [0.29, 0.717) is 5.92 Å². The first-order chi connectivity index (χ1) is 8.72. The number of nitrogens with zero attached hydrogens (tertiary/aromatic N) is 2. The molecule has 1 fully saturated rings. The van der Waals surface area contributed by atoms with Crippen LogP contribution in [-0.4, -0.2) is 16.0 Å². The Morgan fingerprint density at radius 1 is 1.28 bits per heavy atom. The molecule has 3 atom stereocenters. The Kier molecular flexibility index (Phi) is 4.70. The second-order valence-electron chi connectivity index (χ2n) is 5.61. The van der Waals surface area contributed by atoms with Gasteiger partial charge in [-0.3, -0.25) is 0 Å². The van der Waals surface area contributed by atoms with Gasteiger partial charge in [0, 0.05) is 24.4 Å². The summed E-state index contributed by atoms with van der Waals surface area (Å²) in [6, 6.07) is 0.232. The second kappa shape index (κ2) is 6.28. The number of hydrogen-bond donors (Lipinski definition) is 1. The summed E-state index contributed by atoms with van der Waals surface area (Å²) in [7, 11) is 0. The van der Waals surface area contributed by atoms with Crippen molar-refractivity contribution in [2.75, 3.05) is 0 Å². The van der Waals surface area contributed by atoms with E-state index in [2.05, 4.69) is 23.8 Å². The molecule has 1 aromatic rings. The zero-order valence-corrected chi connectivity index (χ0v) is 11.6. The molecule has 3 unspecified atom stereocenters. The van der Waals surface area contributed by atoms with Crippen LogP contribution in [0, 0.1) is 5.92 Å². The maximum Gasteiger partial charge on any atom is 0.131 e. The molecule has 2 N–H and O–H groups in total. The van der Waals surface area contributed by atoms with Crippen LogP contribution in [0.15, 0.2) is 12.4 Å². The molecule has 1 aliphatic rings. The van der Waals surface area contributed by atoms with Crippen molar-refractivity contribution in [2.45, 2.75) is 64.3 Å². The van der Waals surface area contributed by atoms with Gasteiger partial charge in [0.1, 0.15) is 5.82 Å². The van der Waals surface area contributed by atoms with Gasteiger partial charge >= 0.3 is 0 Å². The van der Waals surface area contributed by atoms with Crippen molar-refractivity contribution >= 4 is 0 Å².